The quantitative estimate of drug-likeness (QED) is 0.545. The fourth-order valence-corrected chi connectivity index (χ4v) is 8.12. The highest BCUT2D eigenvalue weighted by molar-refractivity contribution is 5.25. The van der Waals surface area contributed by atoms with Gasteiger partial charge < -0.3 is 10.2 Å². The first-order chi connectivity index (χ1) is 12.8. The Morgan fingerprint density at radius 2 is 1.96 bits per heavy atom. The van der Waals surface area contributed by atoms with Crippen molar-refractivity contribution in [2.45, 2.75) is 90.8 Å². The Bertz CT molecular complexity index is 645. The Hall–Kier alpha value is -0.780. The maximum Gasteiger partial charge on any atom is 0.0677 e. The van der Waals surface area contributed by atoms with Crippen molar-refractivity contribution in [2.24, 2.45) is 40.4 Å². The van der Waals surface area contributed by atoms with E-state index in [1.54, 1.807) is 5.57 Å². The summed E-state index contributed by atoms with van der Waals surface area (Å²) in [6, 6.07) is 0. The second kappa shape index (κ2) is 6.93. The zero-order chi connectivity index (χ0) is 19.4. The molecule has 2 heteroatoms. The number of terminal acetylenes is 1. The molecule has 3 saturated carbocycles. The molecule has 0 radical (unpaired) electrons. The minimum atomic E-state index is -0.358. The second-order valence-electron chi connectivity index (χ2n) is 10.7. The predicted octanol–water partition coefficient (Wildman–Crippen LogP) is 4.95. The molecule has 2 N–H and O–H groups in total. The minimum Gasteiger partial charge on any atom is -0.393 e. The van der Waals surface area contributed by atoms with Gasteiger partial charge in [0.15, 0.2) is 0 Å². The second-order valence-corrected chi connectivity index (χ2v) is 10.7. The van der Waals surface area contributed by atoms with Crippen LogP contribution in [0.4, 0.5) is 0 Å². The summed E-state index contributed by atoms with van der Waals surface area (Å²) in [6.45, 7) is 7.25. The van der Waals surface area contributed by atoms with Crippen molar-refractivity contribution in [3.8, 4) is 12.3 Å². The largest absolute Gasteiger partial charge is 0.393 e. The third kappa shape index (κ3) is 2.92. The smallest absolute Gasteiger partial charge is 0.0677 e. The first-order valence-corrected chi connectivity index (χ1v) is 11.3. The van der Waals surface area contributed by atoms with Gasteiger partial charge in [0.05, 0.1) is 12.2 Å². The maximum absolute atomic E-state index is 10.6. The van der Waals surface area contributed by atoms with E-state index in [4.69, 9.17) is 6.42 Å². The molecule has 0 spiro atoms. The number of allylic oxidation sites excluding steroid dienone is 1. The lowest BCUT2D eigenvalue weighted by molar-refractivity contribution is -0.0667. The Kier molecular flexibility index (Phi) is 5.01. The average molecular weight is 371 g/mol. The molecular weight excluding hydrogens is 332 g/mol. The lowest BCUT2D eigenvalue weighted by Crippen LogP contribution is -2.51. The van der Waals surface area contributed by atoms with E-state index in [1.807, 2.05) is 0 Å². The summed E-state index contributed by atoms with van der Waals surface area (Å²) in [5.41, 5.74) is 2.22. The van der Waals surface area contributed by atoms with Crippen LogP contribution < -0.4 is 0 Å². The van der Waals surface area contributed by atoms with Crippen molar-refractivity contribution < 1.29 is 10.2 Å². The highest BCUT2D eigenvalue weighted by atomic mass is 16.3. The average Bonchev–Trinajstić information content (AvgIpc) is 2.99. The number of aliphatic hydroxyl groups is 2. The standard InChI is InChI=1S/C25H38O2/c1-5-6-23(27)16(2)20-9-10-21-19-8-7-17-15-18(26)11-13-24(17,3)22(19)12-14-25(20,21)4/h1,7,16,18-23,26-27H,6,8-15H2,2-4H3/t16?,18-,19?,20?,21?,22?,23+,24-,25+/m0/s1. The molecule has 0 saturated heterocycles. The van der Waals surface area contributed by atoms with Crippen LogP contribution >= 0.6 is 0 Å². The zero-order valence-electron chi connectivity index (χ0n) is 17.5. The summed E-state index contributed by atoms with van der Waals surface area (Å²) in [4.78, 5) is 0. The van der Waals surface area contributed by atoms with Gasteiger partial charge in [-0.1, -0.05) is 32.4 Å². The molecule has 0 bridgehead atoms. The molecule has 0 aromatic carbocycles. The third-order valence-electron chi connectivity index (χ3n) is 9.72. The first kappa shape index (κ1) is 19.5. The van der Waals surface area contributed by atoms with Crippen LogP contribution in [0.5, 0.6) is 0 Å². The topological polar surface area (TPSA) is 40.5 Å². The Morgan fingerprint density at radius 3 is 2.70 bits per heavy atom. The van der Waals surface area contributed by atoms with Crippen molar-refractivity contribution in [1.82, 2.24) is 0 Å². The summed E-state index contributed by atoms with van der Waals surface area (Å²) in [5, 5.41) is 20.7. The van der Waals surface area contributed by atoms with Crippen LogP contribution in [0.1, 0.15) is 78.6 Å². The van der Waals surface area contributed by atoms with Gasteiger partial charge in [-0.15, -0.1) is 12.3 Å². The number of aliphatic hydroxyl groups excluding tert-OH is 2. The van der Waals surface area contributed by atoms with E-state index in [-0.39, 0.29) is 12.2 Å². The Labute approximate surface area is 165 Å². The van der Waals surface area contributed by atoms with Gasteiger partial charge >= 0.3 is 0 Å². The predicted molar refractivity (Wildman–Crippen MR) is 110 cm³/mol. The molecule has 27 heavy (non-hydrogen) atoms. The van der Waals surface area contributed by atoms with E-state index in [2.05, 4.69) is 32.8 Å². The van der Waals surface area contributed by atoms with E-state index in [9.17, 15) is 10.2 Å². The van der Waals surface area contributed by atoms with E-state index in [0.29, 0.717) is 29.1 Å². The van der Waals surface area contributed by atoms with Crippen molar-refractivity contribution in [2.75, 3.05) is 0 Å². The molecule has 0 aromatic heterocycles. The molecule has 3 fully saturated rings. The molecule has 0 amide bonds. The van der Waals surface area contributed by atoms with Gasteiger partial charge in [0.1, 0.15) is 0 Å². The molecule has 150 valence electrons. The van der Waals surface area contributed by atoms with Crippen LogP contribution in [0.2, 0.25) is 0 Å². The van der Waals surface area contributed by atoms with E-state index >= 15 is 0 Å². The van der Waals surface area contributed by atoms with Gasteiger partial charge in [-0.25, -0.2) is 0 Å². The molecule has 4 rings (SSSR count). The fourth-order valence-electron chi connectivity index (χ4n) is 8.12. The Balaban J connectivity index is 1.58. The van der Waals surface area contributed by atoms with Crippen LogP contribution in [-0.4, -0.2) is 22.4 Å². The Morgan fingerprint density at radius 1 is 1.19 bits per heavy atom. The highest BCUT2D eigenvalue weighted by Crippen LogP contribution is 2.67. The summed E-state index contributed by atoms with van der Waals surface area (Å²) < 4.78 is 0. The molecule has 4 aliphatic carbocycles. The first-order valence-electron chi connectivity index (χ1n) is 11.3. The third-order valence-corrected chi connectivity index (χ3v) is 9.72. The van der Waals surface area contributed by atoms with Crippen molar-refractivity contribution in [1.29, 1.82) is 0 Å². The molecule has 0 heterocycles. The van der Waals surface area contributed by atoms with Gasteiger partial charge in [-0.2, -0.15) is 0 Å². The normalized spacial score (nSPS) is 48.4. The highest BCUT2D eigenvalue weighted by Gasteiger charge is 2.59. The van der Waals surface area contributed by atoms with Crippen molar-refractivity contribution in [3.05, 3.63) is 11.6 Å². The van der Waals surface area contributed by atoms with Crippen LogP contribution in [0.3, 0.4) is 0 Å². The van der Waals surface area contributed by atoms with Gasteiger partial charge in [0.25, 0.3) is 0 Å². The van der Waals surface area contributed by atoms with Gasteiger partial charge in [-0.3, -0.25) is 0 Å². The molecule has 2 nitrogen and oxygen atoms in total. The minimum absolute atomic E-state index is 0.121. The van der Waals surface area contributed by atoms with E-state index in [0.717, 1.165) is 37.0 Å². The SMILES string of the molecule is C#CC[C@@H](O)C(C)C1CCC2C3CC=C4C[C@@H](O)CC[C@]4(C)C3CC[C@@]21C. The monoisotopic (exact) mass is 370 g/mol. The van der Waals surface area contributed by atoms with Gasteiger partial charge in [-0.05, 0) is 91.8 Å². The summed E-state index contributed by atoms with van der Waals surface area (Å²) in [6.07, 6.45) is 17.4. The number of hydrogen-bond acceptors (Lipinski definition) is 2. The summed E-state index contributed by atoms with van der Waals surface area (Å²) >= 11 is 0. The van der Waals surface area contributed by atoms with Gasteiger partial charge in [0, 0.05) is 6.42 Å². The van der Waals surface area contributed by atoms with E-state index < -0.39 is 0 Å². The van der Waals surface area contributed by atoms with Crippen LogP contribution in [0, 0.1) is 52.8 Å². The number of rotatable bonds is 3. The summed E-state index contributed by atoms with van der Waals surface area (Å²) in [7, 11) is 0. The molecule has 0 aromatic rings. The molecule has 9 atom stereocenters. The number of hydrogen-bond donors (Lipinski definition) is 2. The molecule has 4 aliphatic rings. The van der Waals surface area contributed by atoms with Gasteiger partial charge in [0.2, 0.25) is 0 Å². The van der Waals surface area contributed by atoms with Crippen LogP contribution in [0.25, 0.3) is 0 Å². The zero-order valence-corrected chi connectivity index (χ0v) is 17.5. The van der Waals surface area contributed by atoms with Crippen LogP contribution in [-0.2, 0) is 0 Å². The summed E-state index contributed by atoms with van der Waals surface area (Å²) in [5.74, 6) is 5.91. The molecule has 0 aliphatic heterocycles. The van der Waals surface area contributed by atoms with E-state index in [1.165, 1.54) is 32.1 Å². The van der Waals surface area contributed by atoms with Crippen molar-refractivity contribution in [3.63, 3.8) is 0 Å². The molecular formula is C25H38O2. The lowest BCUT2D eigenvalue weighted by Gasteiger charge is -2.58. The lowest BCUT2D eigenvalue weighted by atomic mass is 9.47. The van der Waals surface area contributed by atoms with Crippen LogP contribution in [0.15, 0.2) is 11.6 Å². The van der Waals surface area contributed by atoms with Crippen molar-refractivity contribution >= 4 is 0 Å². The molecule has 5 unspecified atom stereocenters. The fraction of sp³-hybridized carbons (Fsp3) is 0.840. The maximum atomic E-state index is 10.6. The number of fused-ring (bicyclic) bond motifs is 5.